The molecule has 0 saturated heterocycles. The van der Waals surface area contributed by atoms with Crippen molar-refractivity contribution in [2.45, 2.75) is 13.2 Å². The average Bonchev–Trinajstić information content (AvgIpc) is 1.35. The zero-order chi connectivity index (χ0) is 4.99. The fraction of sp³-hybridized carbons (Fsp3) is 0.500. The summed E-state index contributed by atoms with van der Waals surface area (Å²) < 4.78 is 4.25. The monoisotopic (exact) mass is 94.1 g/mol. The Labute approximate surface area is 55.3 Å². The first-order valence-corrected chi connectivity index (χ1v) is 1.69. The molecule has 0 rings (SSSR count). The van der Waals surface area contributed by atoms with Gasteiger partial charge in [-0.2, -0.15) is 0 Å². The third kappa shape index (κ3) is 10.7. The van der Waals surface area contributed by atoms with Crippen LogP contribution in [0.1, 0.15) is 6.92 Å². The maximum Gasteiger partial charge on any atom is 1.00 e. The van der Waals surface area contributed by atoms with E-state index < -0.39 is 6.29 Å². The van der Waals surface area contributed by atoms with Crippen LogP contribution in [0.3, 0.4) is 0 Å². The molecule has 0 aromatic heterocycles. The van der Waals surface area contributed by atoms with E-state index in [-0.39, 0.29) is 18.9 Å². The van der Waals surface area contributed by atoms with Crippen LogP contribution in [-0.2, 0) is 4.74 Å². The molecule has 0 spiro atoms. The quantitative estimate of drug-likeness (QED) is 0.206. The summed E-state index contributed by atoms with van der Waals surface area (Å²) in [5, 5.41) is 9.83. The van der Waals surface area contributed by atoms with Crippen molar-refractivity contribution in [3.8, 4) is 0 Å². The van der Waals surface area contributed by atoms with Gasteiger partial charge in [-0.1, -0.05) is 6.58 Å². The van der Waals surface area contributed by atoms with Gasteiger partial charge in [0, 0.05) is 6.29 Å². The van der Waals surface area contributed by atoms with Crippen LogP contribution in [-0.4, -0.2) is 6.29 Å². The molecule has 0 aliphatic carbocycles. The first-order valence-electron chi connectivity index (χ1n) is 1.69. The minimum absolute atomic E-state index is 0. The van der Waals surface area contributed by atoms with Crippen molar-refractivity contribution < 1.29 is 28.7 Å². The summed E-state index contributed by atoms with van der Waals surface area (Å²) in [4.78, 5) is 0. The molecule has 0 aliphatic rings. The van der Waals surface area contributed by atoms with Crippen LogP contribution >= 0.6 is 0 Å². The number of rotatable bonds is 2. The molecule has 0 aliphatic heterocycles. The van der Waals surface area contributed by atoms with Gasteiger partial charge in [-0.3, -0.25) is 0 Å². The topological polar surface area (TPSA) is 32.3 Å². The molecule has 0 saturated carbocycles. The summed E-state index contributed by atoms with van der Waals surface area (Å²) in [7, 11) is 0. The van der Waals surface area contributed by atoms with E-state index in [0.29, 0.717) is 0 Å². The van der Waals surface area contributed by atoms with Gasteiger partial charge in [-0.05, 0) is 6.92 Å². The first-order chi connectivity index (χ1) is 2.77. The van der Waals surface area contributed by atoms with Gasteiger partial charge in [0.1, 0.15) is 0 Å². The first kappa shape index (κ1) is 10.2. The molecule has 1 unspecified atom stereocenters. The van der Waals surface area contributed by atoms with Crippen molar-refractivity contribution >= 4 is 0 Å². The Morgan fingerprint density at radius 2 is 2.29 bits per heavy atom. The van der Waals surface area contributed by atoms with Crippen molar-refractivity contribution in [1.82, 2.24) is 0 Å². The van der Waals surface area contributed by atoms with Crippen LogP contribution in [0, 0.1) is 0 Å². The molecule has 0 aromatic carbocycles. The van der Waals surface area contributed by atoms with Gasteiger partial charge in [0.05, 0.1) is 6.26 Å². The molecule has 2 nitrogen and oxygen atoms in total. The summed E-state index contributed by atoms with van der Waals surface area (Å²) in [5.74, 6) is 0. The molecular weight excluding hydrogens is 87.0 g/mol. The van der Waals surface area contributed by atoms with Crippen molar-refractivity contribution in [3.63, 3.8) is 0 Å². The minimum atomic E-state index is -0.970. The van der Waals surface area contributed by atoms with Crippen molar-refractivity contribution in [2.24, 2.45) is 0 Å². The van der Waals surface area contributed by atoms with E-state index >= 15 is 0 Å². The third-order valence-electron chi connectivity index (χ3n) is 0.288. The van der Waals surface area contributed by atoms with Gasteiger partial charge in [0.15, 0.2) is 0 Å². The molecule has 1 atom stereocenters. The molecular formula is C4H7LiO2. The summed E-state index contributed by atoms with van der Waals surface area (Å²) in [6.45, 7) is 4.58. The van der Waals surface area contributed by atoms with Crippen LogP contribution in [0.15, 0.2) is 12.8 Å². The van der Waals surface area contributed by atoms with Crippen molar-refractivity contribution in [3.05, 3.63) is 12.8 Å². The van der Waals surface area contributed by atoms with Crippen LogP contribution in [0.25, 0.3) is 0 Å². The van der Waals surface area contributed by atoms with Gasteiger partial charge in [-0.25, -0.2) is 0 Å². The summed E-state index contributed by atoms with van der Waals surface area (Å²) >= 11 is 0. The Hall–Kier alpha value is 0.0974. The Bertz CT molecular complexity index is 45.0. The second kappa shape index (κ2) is 6.10. The van der Waals surface area contributed by atoms with E-state index in [1.54, 1.807) is 0 Å². The molecule has 0 N–H and O–H groups in total. The average molecular weight is 94.0 g/mol. The van der Waals surface area contributed by atoms with Gasteiger partial charge in [0.2, 0.25) is 0 Å². The third-order valence-corrected chi connectivity index (χ3v) is 0.288. The Kier molecular flexibility index (Phi) is 8.85. The van der Waals surface area contributed by atoms with Crippen LogP contribution in [0.2, 0.25) is 0 Å². The predicted octanol–water partition coefficient (Wildman–Crippen LogP) is -3.14. The molecule has 36 valence electrons. The van der Waals surface area contributed by atoms with E-state index in [1.807, 2.05) is 0 Å². The Balaban J connectivity index is 0. The molecule has 3 heteroatoms. The smallest absolute Gasteiger partial charge is 0.822 e. The van der Waals surface area contributed by atoms with E-state index in [0.717, 1.165) is 6.26 Å². The molecule has 0 bridgehead atoms. The molecule has 0 radical (unpaired) electrons. The molecule has 0 heterocycles. The Morgan fingerprint density at radius 1 is 1.86 bits per heavy atom. The SMILES string of the molecule is C=COC(C)[O-].[Li+]. The van der Waals surface area contributed by atoms with Gasteiger partial charge < -0.3 is 9.84 Å². The number of hydrogen-bond donors (Lipinski definition) is 0. The standard InChI is InChI=1S/C4H7O2.Li/c1-3-6-4(2)5;/h3-4H,1H2,2H3;/q-1;+1. The maximum absolute atomic E-state index is 9.83. The summed E-state index contributed by atoms with van der Waals surface area (Å²) in [5.41, 5.74) is 0. The van der Waals surface area contributed by atoms with Gasteiger partial charge in [0.25, 0.3) is 0 Å². The van der Waals surface area contributed by atoms with Gasteiger partial charge >= 0.3 is 18.9 Å². The molecule has 0 aromatic rings. The summed E-state index contributed by atoms with van der Waals surface area (Å²) in [6, 6.07) is 0. The Morgan fingerprint density at radius 3 is 2.29 bits per heavy atom. The van der Waals surface area contributed by atoms with E-state index in [1.165, 1.54) is 6.92 Å². The van der Waals surface area contributed by atoms with E-state index in [9.17, 15) is 5.11 Å². The normalized spacial score (nSPS) is 11.1. The van der Waals surface area contributed by atoms with E-state index in [4.69, 9.17) is 0 Å². The second-order valence-corrected chi connectivity index (χ2v) is 0.870. The summed E-state index contributed by atoms with van der Waals surface area (Å²) in [6.07, 6.45) is 0.167. The van der Waals surface area contributed by atoms with Crippen LogP contribution in [0.4, 0.5) is 0 Å². The fourth-order valence-corrected chi connectivity index (χ4v) is 0.136. The molecule has 0 fully saturated rings. The van der Waals surface area contributed by atoms with Crippen molar-refractivity contribution in [1.29, 1.82) is 0 Å². The predicted molar refractivity (Wildman–Crippen MR) is 20.7 cm³/mol. The fourth-order valence-electron chi connectivity index (χ4n) is 0.136. The minimum Gasteiger partial charge on any atom is -0.822 e. The van der Waals surface area contributed by atoms with Crippen LogP contribution < -0.4 is 24.0 Å². The largest absolute Gasteiger partial charge is 1.00 e. The zero-order valence-electron chi connectivity index (χ0n) is 4.68. The van der Waals surface area contributed by atoms with Crippen LogP contribution in [0.5, 0.6) is 0 Å². The number of hydrogen-bond acceptors (Lipinski definition) is 2. The van der Waals surface area contributed by atoms with Crippen molar-refractivity contribution in [2.75, 3.05) is 0 Å². The number of ether oxygens (including phenoxy) is 1. The molecule has 7 heavy (non-hydrogen) atoms. The maximum atomic E-state index is 9.83. The second-order valence-electron chi connectivity index (χ2n) is 0.870. The van der Waals surface area contributed by atoms with E-state index in [2.05, 4.69) is 11.3 Å². The zero-order valence-corrected chi connectivity index (χ0v) is 4.68. The molecule has 0 amide bonds. The van der Waals surface area contributed by atoms with Gasteiger partial charge in [-0.15, -0.1) is 0 Å².